The molecule has 4 rings (SSSR count). The van der Waals surface area contributed by atoms with Crippen molar-refractivity contribution in [3.63, 3.8) is 0 Å². The van der Waals surface area contributed by atoms with Crippen LogP contribution in [0.2, 0.25) is 0 Å². The van der Waals surface area contributed by atoms with Crippen LogP contribution < -0.4 is 5.32 Å². The number of nitrogens with one attached hydrogen (secondary N) is 1. The normalized spacial score (nSPS) is 21.8. The van der Waals surface area contributed by atoms with E-state index in [1.54, 1.807) is 11.8 Å². The monoisotopic (exact) mass is 397 g/mol. The number of hydrogen-bond acceptors (Lipinski definition) is 6. The average Bonchev–Trinajstić information content (AvgIpc) is 3.34. The number of aromatic nitrogens is 2. The molecule has 3 heterocycles. The highest BCUT2D eigenvalue weighted by Gasteiger charge is 2.42. The molecule has 2 unspecified atom stereocenters. The highest BCUT2D eigenvalue weighted by atomic mass is 16.5. The van der Waals surface area contributed by atoms with Gasteiger partial charge in [0.25, 0.3) is 0 Å². The van der Waals surface area contributed by atoms with Crippen LogP contribution in [-0.4, -0.2) is 64.5 Å². The molecule has 1 N–H and O–H groups in total. The fourth-order valence-corrected chi connectivity index (χ4v) is 4.25. The molecular weight excluding hydrogens is 370 g/mol. The van der Waals surface area contributed by atoms with Crippen molar-refractivity contribution in [2.75, 3.05) is 32.7 Å². The molecule has 2 aliphatic rings. The second-order valence-electron chi connectivity index (χ2n) is 7.90. The maximum absolute atomic E-state index is 12.9. The smallest absolute Gasteiger partial charge is 0.232 e. The van der Waals surface area contributed by atoms with Gasteiger partial charge in [-0.25, -0.2) is 0 Å². The summed E-state index contributed by atoms with van der Waals surface area (Å²) >= 11 is 0. The molecule has 0 radical (unpaired) electrons. The standard InChI is InChI=1S/C21H27N5O3/c1-14-23-21(29-24-14)19-13-26(15(2)27)12-18(19)20(28)22-8-10-25-9-7-16-5-3-4-6-17(16)11-25/h3-6,18-19H,7-13H2,1-2H3,(H,22,28). The third-order valence-corrected chi connectivity index (χ3v) is 5.90. The molecule has 8 heteroatoms. The number of carbonyl (C=O) groups is 2. The average molecular weight is 397 g/mol. The van der Waals surface area contributed by atoms with Crippen molar-refractivity contribution in [3.8, 4) is 0 Å². The molecule has 2 aliphatic heterocycles. The van der Waals surface area contributed by atoms with Gasteiger partial charge in [-0.1, -0.05) is 29.4 Å². The number of fused-ring (bicyclic) bond motifs is 1. The first kappa shape index (κ1) is 19.6. The van der Waals surface area contributed by atoms with Gasteiger partial charge in [-0.05, 0) is 24.5 Å². The molecule has 1 fully saturated rings. The van der Waals surface area contributed by atoms with E-state index in [1.807, 2.05) is 0 Å². The Kier molecular flexibility index (Phi) is 5.62. The third-order valence-electron chi connectivity index (χ3n) is 5.90. The summed E-state index contributed by atoms with van der Waals surface area (Å²) in [6.07, 6.45) is 1.04. The molecule has 0 aliphatic carbocycles. The summed E-state index contributed by atoms with van der Waals surface area (Å²) in [5, 5.41) is 6.89. The fourth-order valence-electron chi connectivity index (χ4n) is 4.25. The quantitative estimate of drug-likeness (QED) is 0.813. The second kappa shape index (κ2) is 8.32. The van der Waals surface area contributed by atoms with Crippen molar-refractivity contribution < 1.29 is 14.1 Å². The van der Waals surface area contributed by atoms with Gasteiger partial charge in [0.15, 0.2) is 5.82 Å². The Morgan fingerprint density at radius 3 is 2.76 bits per heavy atom. The van der Waals surface area contributed by atoms with E-state index in [0.717, 1.165) is 26.1 Å². The molecule has 1 aromatic carbocycles. The number of aryl methyl sites for hydroxylation is 1. The van der Waals surface area contributed by atoms with E-state index in [9.17, 15) is 9.59 Å². The molecule has 0 saturated carbocycles. The first-order valence-electron chi connectivity index (χ1n) is 10.1. The molecule has 154 valence electrons. The van der Waals surface area contributed by atoms with E-state index >= 15 is 0 Å². The van der Waals surface area contributed by atoms with Gasteiger partial charge < -0.3 is 14.7 Å². The Morgan fingerprint density at radius 1 is 1.24 bits per heavy atom. The molecule has 2 atom stereocenters. The Balaban J connectivity index is 1.34. The van der Waals surface area contributed by atoms with E-state index < -0.39 is 0 Å². The van der Waals surface area contributed by atoms with Gasteiger partial charge in [-0.3, -0.25) is 14.5 Å². The van der Waals surface area contributed by atoms with Crippen LogP contribution in [0.4, 0.5) is 0 Å². The van der Waals surface area contributed by atoms with Gasteiger partial charge in [0.05, 0.1) is 11.8 Å². The van der Waals surface area contributed by atoms with Gasteiger partial charge >= 0.3 is 0 Å². The first-order chi connectivity index (χ1) is 14.0. The first-order valence-corrected chi connectivity index (χ1v) is 10.1. The van der Waals surface area contributed by atoms with Crippen molar-refractivity contribution in [1.82, 2.24) is 25.3 Å². The highest BCUT2D eigenvalue weighted by Crippen LogP contribution is 2.32. The Morgan fingerprint density at radius 2 is 2.03 bits per heavy atom. The van der Waals surface area contributed by atoms with E-state index in [-0.39, 0.29) is 23.7 Å². The number of rotatable bonds is 5. The number of nitrogens with zero attached hydrogens (tertiary/aromatic N) is 4. The molecule has 1 aromatic heterocycles. The lowest BCUT2D eigenvalue weighted by atomic mass is 9.95. The topological polar surface area (TPSA) is 91.6 Å². The summed E-state index contributed by atoms with van der Waals surface area (Å²) in [5.41, 5.74) is 2.78. The zero-order chi connectivity index (χ0) is 20.4. The largest absolute Gasteiger partial charge is 0.354 e. The molecule has 0 bridgehead atoms. The summed E-state index contributed by atoms with van der Waals surface area (Å²) in [5.74, 6) is 0.216. The van der Waals surface area contributed by atoms with Crippen LogP contribution in [-0.2, 0) is 22.6 Å². The van der Waals surface area contributed by atoms with Crippen LogP contribution in [0.3, 0.4) is 0 Å². The van der Waals surface area contributed by atoms with Gasteiger partial charge in [0.2, 0.25) is 17.7 Å². The summed E-state index contributed by atoms with van der Waals surface area (Å²) in [6.45, 7) is 7.36. The Hall–Kier alpha value is -2.74. The number of benzene rings is 1. The molecule has 29 heavy (non-hydrogen) atoms. The molecule has 1 saturated heterocycles. The van der Waals surface area contributed by atoms with Crippen molar-refractivity contribution in [2.45, 2.75) is 32.7 Å². The second-order valence-corrected chi connectivity index (χ2v) is 7.90. The Labute approximate surface area is 170 Å². The van der Waals surface area contributed by atoms with Crippen LogP contribution >= 0.6 is 0 Å². The summed E-state index contributed by atoms with van der Waals surface area (Å²) < 4.78 is 5.30. The van der Waals surface area contributed by atoms with E-state index in [4.69, 9.17) is 4.52 Å². The minimum absolute atomic E-state index is 0.0477. The van der Waals surface area contributed by atoms with Crippen molar-refractivity contribution >= 4 is 11.8 Å². The third kappa shape index (κ3) is 4.32. The van der Waals surface area contributed by atoms with Gasteiger partial charge in [0, 0.05) is 46.2 Å². The number of amides is 2. The van der Waals surface area contributed by atoms with E-state index in [2.05, 4.69) is 44.6 Å². The molecule has 8 nitrogen and oxygen atoms in total. The zero-order valence-electron chi connectivity index (χ0n) is 16.9. The van der Waals surface area contributed by atoms with Gasteiger partial charge in [-0.2, -0.15) is 4.98 Å². The highest BCUT2D eigenvalue weighted by molar-refractivity contribution is 5.82. The van der Waals surface area contributed by atoms with E-state index in [1.165, 1.54) is 18.1 Å². The van der Waals surface area contributed by atoms with Crippen LogP contribution in [0.25, 0.3) is 0 Å². The lowest BCUT2D eigenvalue weighted by Gasteiger charge is -2.28. The number of likely N-dealkylation sites (tertiary alicyclic amines) is 1. The maximum Gasteiger partial charge on any atom is 0.232 e. The SMILES string of the molecule is CC(=O)N1CC(C(=O)NCCN2CCc3ccccc3C2)C(c2nc(C)no2)C1. The summed E-state index contributed by atoms with van der Waals surface area (Å²) in [7, 11) is 0. The van der Waals surface area contributed by atoms with Crippen LogP contribution in [0, 0.1) is 12.8 Å². The maximum atomic E-state index is 12.9. The van der Waals surface area contributed by atoms with Crippen molar-refractivity contribution in [2.24, 2.45) is 5.92 Å². The minimum atomic E-state index is -0.374. The predicted octanol–water partition coefficient (Wildman–Crippen LogP) is 1.11. The predicted molar refractivity (Wildman–Crippen MR) is 106 cm³/mol. The van der Waals surface area contributed by atoms with Gasteiger partial charge in [-0.15, -0.1) is 0 Å². The lowest BCUT2D eigenvalue weighted by molar-refractivity contribution is -0.128. The van der Waals surface area contributed by atoms with Crippen LogP contribution in [0.1, 0.15) is 35.7 Å². The number of carbonyl (C=O) groups excluding carboxylic acids is 2. The van der Waals surface area contributed by atoms with E-state index in [0.29, 0.717) is 31.3 Å². The summed E-state index contributed by atoms with van der Waals surface area (Å²) in [6, 6.07) is 8.52. The fraction of sp³-hybridized carbons (Fsp3) is 0.524. The molecular formula is C21H27N5O3. The number of hydrogen-bond donors (Lipinski definition) is 1. The minimum Gasteiger partial charge on any atom is -0.354 e. The van der Waals surface area contributed by atoms with Gasteiger partial charge in [0.1, 0.15) is 0 Å². The van der Waals surface area contributed by atoms with Crippen LogP contribution in [0.15, 0.2) is 28.8 Å². The summed E-state index contributed by atoms with van der Waals surface area (Å²) in [4.78, 5) is 33.1. The molecule has 2 aromatic rings. The Bertz CT molecular complexity index is 896. The molecule has 2 amide bonds. The molecule has 0 spiro atoms. The lowest BCUT2D eigenvalue weighted by Crippen LogP contribution is -2.41. The zero-order valence-corrected chi connectivity index (χ0v) is 16.9. The van der Waals surface area contributed by atoms with Crippen LogP contribution in [0.5, 0.6) is 0 Å². The van der Waals surface area contributed by atoms with Crippen molar-refractivity contribution in [3.05, 3.63) is 47.1 Å². The van der Waals surface area contributed by atoms with Crippen molar-refractivity contribution in [1.29, 1.82) is 0 Å².